The third-order valence-corrected chi connectivity index (χ3v) is 4.14. The Morgan fingerprint density at radius 3 is 2.90 bits per heavy atom. The number of benzene rings is 1. The molecule has 104 valence electrons. The predicted octanol–water partition coefficient (Wildman–Crippen LogP) is 2.26. The molecular formula is C13H16N6S. The van der Waals surface area contributed by atoms with E-state index in [1.165, 1.54) is 0 Å². The molecule has 0 saturated heterocycles. The molecule has 0 radical (unpaired) electrons. The van der Waals surface area contributed by atoms with Crippen molar-refractivity contribution in [2.75, 3.05) is 0 Å². The highest BCUT2D eigenvalue weighted by Crippen LogP contribution is 2.24. The molecule has 0 fully saturated rings. The number of tetrazole rings is 1. The van der Waals surface area contributed by atoms with E-state index in [9.17, 15) is 0 Å². The van der Waals surface area contributed by atoms with Crippen molar-refractivity contribution >= 4 is 22.8 Å². The first-order valence-electron chi connectivity index (χ1n) is 6.59. The zero-order valence-corrected chi connectivity index (χ0v) is 12.3. The van der Waals surface area contributed by atoms with Crippen molar-refractivity contribution in [2.45, 2.75) is 30.8 Å². The summed E-state index contributed by atoms with van der Waals surface area (Å²) in [6.45, 7) is 2.97. The standard InChI is InChI=1S/C13H16N6S/c1-3-8-19-12(15-16-17-19)9-20-13-14-10-6-4-5-7-11(10)18(13)2/h4-7H,3,8-9H2,1-2H3. The van der Waals surface area contributed by atoms with Gasteiger partial charge in [0.15, 0.2) is 11.0 Å². The lowest BCUT2D eigenvalue weighted by Gasteiger charge is -2.03. The van der Waals surface area contributed by atoms with Gasteiger partial charge in [0.05, 0.1) is 16.8 Å². The number of aryl methyl sites for hydroxylation is 2. The van der Waals surface area contributed by atoms with Gasteiger partial charge < -0.3 is 4.57 Å². The smallest absolute Gasteiger partial charge is 0.169 e. The molecule has 0 bridgehead atoms. The molecule has 3 rings (SSSR count). The van der Waals surface area contributed by atoms with Crippen LogP contribution in [-0.2, 0) is 19.3 Å². The van der Waals surface area contributed by atoms with Crippen LogP contribution in [0.25, 0.3) is 11.0 Å². The first-order chi connectivity index (χ1) is 9.79. The molecule has 0 aliphatic carbocycles. The molecular weight excluding hydrogens is 272 g/mol. The van der Waals surface area contributed by atoms with Gasteiger partial charge in [-0.2, -0.15) is 0 Å². The van der Waals surface area contributed by atoms with Crippen molar-refractivity contribution < 1.29 is 0 Å². The number of hydrogen-bond donors (Lipinski definition) is 0. The molecule has 1 aromatic carbocycles. The van der Waals surface area contributed by atoms with Gasteiger partial charge in [0.25, 0.3) is 0 Å². The van der Waals surface area contributed by atoms with E-state index in [1.807, 2.05) is 29.9 Å². The molecule has 0 saturated carbocycles. The molecule has 2 aromatic heterocycles. The van der Waals surface area contributed by atoms with E-state index in [2.05, 4.69) is 38.1 Å². The van der Waals surface area contributed by atoms with Gasteiger partial charge in [0.2, 0.25) is 0 Å². The summed E-state index contributed by atoms with van der Waals surface area (Å²) in [6.07, 6.45) is 1.02. The Labute approximate surface area is 121 Å². The summed E-state index contributed by atoms with van der Waals surface area (Å²) in [5.74, 6) is 1.62. The van der Waals surface area contributed by atoms with Gasteiger partial charge in [-0.3, -0.25) is 0 Å². The molecule has 7 heteroatoms. The monoisotopic (exact) mass is 288 g/mol. The Morgan fingerprint density at radius 1 is 1.25 bits per heavy atom. The van der Waals surface area contributed by atoms with E-state index in [4.69, 9.17) is 0 Å². The number of aromatic nitrogens is 6. The minimum absolute atomic E-state index is 0.726. The van der Waals surface area contributed by atoms with Gasteiger partial charge in [0, 0.05) is 13.6 Å². The molecule has 0 amide bonds. The maximum Gasteiger partial charge on any atom is 0.169 e. The van der Waals surface area contributed by atoms with Gasteiger partial charge in [-0.25, -0.2) is 9.67 Å². The lowest BCUT2D eigenvalue weighted by Crippen LogP contribution is -2.04. The van der Waals surface area contributed by atoms with E-state index in [1.54, 1.807) is 11.8 Å². The average Bonchev–Trinajstić information content (AvgIpc) is 3.03. The van der Waals surface area contributed by atoms with E-state index in [-0.39, 0.29) is 0 Å². The zero-order valence-electron chi connectivity index (χ0n) is 11.5. The number of thioether (sulfide) groups is 1. The minimum Gasteiger partial charge on any atom is -0.322 e. The predicted molar refractivity (Wildman–Crippen MR) is 78.4 cm³/mol. The minimum atomic E-state index is 0.726. The molecule has 2 heterocycles. The summed E-state index contributed by atoms with van der Waals surface area (Å²) in [7, 11) is 2.03. The average molecular weight is 288 g/mol. The topological polar surface area (TPSA) is 61.4 Å². The van der Waals surface area contributed by atoms with Crippen molar-refractivity contribution in [3.8, 4) is 0 Å². The maximum absolute atomic E-state index is 4.64. The van der Waals surface area contributed by atoms with Crippen LogP contribution in [0.15, 0.2) is 29.4 Å². The van der Waals surface area contributed by atoms with Crippen LogP contribution < -0.4 is 0 Å². The van der Waals surface area contributed by atoms with E-state index in [0.717, 1.165) is 40.7 Å². The maximum atomic E-state index is 4.64. The van der Waals surface area contributed by atoms with Crippen molar-refractivity contribution in [3.63, 3.8) is 0 Å². The first-order valence-corrected chi connectivity index (χ1v) is 7.57. The fourth-order valence-electron chi connectivity index (χ4n) is 2.09. The molecule has 6 nitrogen and oxygen atoms in total. The van der Waals surface area contributed by atoms with Gasteiger partial charge in [-0.15, -0.1) is 5.10 Å². The molecule has 0 unspecified atom stereocenters. The van der Waals surface area contributed by atoms with Crippen LogP contribution in [-0.4, -0.2) is 29.8 Å². The van der Waals surface area contributed by atoms with Crippen LogP contribution in [0.3, 0.4) is 0 Å². The molecule has 0 spiro atoms. The lowest BCUT2D eigenvalue weighted by molar-refractivity contribution is 0.564. The highest BCUT2D eigenvalue weighted by molar-refractivity contribution is 7.98. The summed E-state index contributed by atoms with van der Waals surface area (Å²) in [4.78, 5) is 4.64. The van der Waals surface area contributed by atoms with Crippen molar-refractivity contribution in [3.05, 3.63) is 30.1 Å². The van der Waals surface area contributed by atoms with E-state index in [0.29, 0.717) is 0 Å². The first kappa shape index (κ1) is 13.1. The van der Waals surface area contributed by atoms with Gasteiger partial charge in [-0.05, 0) is 29.0 Å². The number of imidazole rings is 1. The third-order valence-electron chi connectivity index (χ3n) is 3.12. The Balaban J connectivity index is 1.80. The quantitative estimate of drug-likeness (QED) is 0.674. The SMILES string of the molecule is CCCn1nnnc1CSc1nc2ccccc2n1C. The van der Waals surface area contributed by atoms with Crippen LogP contribution in [0.1, 0.15) is 19.2 Å². The molecule has 3 aromatic rings. The number of fused-ring (bicyclic) bond motifs is 1. The van der Waals surface area contributed by atoms with E-state index < -0.39 is 0 Å². The summed E-state index contributed by atoms with van der Waals surface area (Å²) in [5.41, 5.74) is 2.16. The second-order valence-corrected chi connectivity index (χ2v) is 5.49. The third kappa shape index (κ3) is 2.40. The number of hydrogen-bond acceptors (Lipinski definition) is 5. The Hall–Kier alpha value is -1.89. The summed E-state index contributed by atoms with van der Waals surface area (Å²) in [6, 6.07) is 8.14. The van der Waals surface area contributed by atoms with Crippen LogP contribution in [0.4, 0.5) is 0 Å². The highest BCUT2D eigenvalue weighted by Gasteiger charge is 2.11. The van der Waals surface area contributed by atoms with Gasteiger partial charge in [0.1, 0.15) is 0 Å². The largest absolute Gasteiger partial charge is 0.322 e. The number of rotatable bonds is 5. The summed E-state index contributed by atoms with van der Waals surface area (Å²) < 4.78 is 3.96. The molecule has 0 N–H and O–H groups in total. The van der Waals surface area contributed by atoms with Crippen molar-refractivity contribution in [1.82, 2.24) is 29.8 Å². The van der Waals surface area contributed by atoms with Crippen molar-refractivity contribution in [1.29, 1.82) is 0 Å². The summed E-state index contributed by atoms with van der Waals surface area (Å²) >= 11 is 1.66. The fraction of sp³-hybridized carbons (Fsp3) is 0.385. The second-order valence-electron chi connectivity index (χ2n) is 4.55. The Kier molecular flexibility index (Phi) is 3.68. The van der Waals surface area contributed by atoms with Crippen molar-refractivity contribution in [2.24, 2.45) is 7.05 Å². The molecule has 0 aliphatic rings. The van der Waals surface area contributed by atoms with Gasteiger partial charge in [-0.1, -0.05) is 30.8 Å². The zero-order chi connectivity index (χ0) is 13.9. The molecule has 20 heavy (non-hydrogen) atoms. The van der Waals surface area contributed by atoms with Crippen LogP contribution >= 0.6 is 11.8 Å². The Bertz CT molecular complexity index is 717. The number of para-hydroxylation sites is 2. The lowest BCUT2D eigenvalue weighted by atomic mass is 10.3. The second kappa shape index (κ2) is 5.62. The van der Waals surface area contributed by atoms with Crippen LogP contribution in [0.5, 0.6) is 0 Å². The number of nitrogens with zero attached hydrogens (tertiary/aromatic N) is 6. The van der Waals surface area contributed by atoms with Crippen LogP contribution in [0.2, 0.25) is 0 Å². The Morgan fingerprint density at radius 2 is 2.10 bits per heavy atom. The van der Waals surface area contributed by atoms with Gasteiger partial charge >= 0.3 is 0 Å². The van der Waals surface area contributed by atoms with E-state index >= 15 is 0 Å². The fourth-order valence-corrected chi connectivity index (χ4v) is 3.01. The van der Waals surface area contributed by atoms with Crippen LogP contribution in [0, 0.1) is 0 Å². The summed E-state index contributed by atoms with van der Waals surface area (Å²) in [5, 5.41) is 12.8. The molecule has 0 atom stereocenters. The molecule has 0 aliphatic heterocycles. The normalized spacial score (nSPS) is 11.3. The highest BCUT2D eigenvalue weighted by atomic mass is 32.2.